The molecule has 1 saturated heterocycles. The zero-order chi connectivity index (χ0) is 8.23. The van der Waals surface area contributed by atoms with Crippen LogP contribution >= 0.6 is 36.2 Å². The number of nitrogens with one attached hydrogen (secondary N) is 1. The van der Waals surface area contributed by atoms with Crippen molar-refractivity contribution in [3.8, 4) is 5.19 Å². The van der Waals surface area contributed by atoms with Gasteiger partial charge < -0.3 is 10.1 Å². The molecule has 1 aromatic rings. The minimum atomic E-state index is 0. The largest absolute Gasteiger partial charge is 0.467 e. The van der Waals surface area contributed by atoms with Gasteiger partial charge >= 0.3 is 0 Å². The van der Waals surface area contributed by atoms with Crippen LogP contribution in [-0.2, 0) is 0 Å². The fraction of sp³-hybridized carbons (Fsp3) is 0.625. The summed E-state index contributed by atoms with van der Waals surface area (Å²) in [6.45, 7) is 2.13. The first-order valence-corrected chi connectivity index (χ1v) is 5.10. The molecule has 82 valence electrons. The molecule has 0 saturated carbocycles. The molecular weight excluding hydrogens is 243 g/mol. The normalized spacial score (nSPS) is 16.6. The van der Waals surface area contributed by atoms with Crippen molar-refractivity contribution < 1.29 is 4.74 Å². The molecule has 6 heteroatoms. The number of thiazole rings is 1. The zero-order valence-corrected chi connectivity index (χ0v) is 10.1. The number of halogens is 2. The van der Waals surface area contributed by atoms with E-state index in [0.717, 1.165) is 31.1 Å². The van der Waals surface area contributed by atoms with Crippen molar-refractivity contribution in [2.45, 2.75) is 18.9 Å². The van der Waals surface area contributed by atoms with Crippen LogP contribution in [0.15, 0.2) is 11.6 Å². The van der Waals surface area contributed by atoms with E-state index in [2.05, 4.69) is 10.3 Å². The molecule has 1 N–H and O–H groups in total. The number of ether oxygens (including phenoxy) is 1. The molecule has 0 amide bonds. The molecule has 0 aliphatic carbocycles. The van der Waals surface area contributed by atoms with Gasteiger partial charge in [-0.15, -0.1) is 24.8 Å². The van der Waals surface area contributed by atoms with Gasteiger partial charge in [-0.3, -0.25) is 0 Å². The maximum absolute atomic E-state index is 5.66. The minimum Gasteiger partial charge on any atom is -0.467 e. The molecule has 0 aromatic carbocycles. The smallest absolute Gasteiger partial charge is 0.273 e. The summed E-state index contributed by atoms with van der Waals surface area (Å²) in [5.74, 6) is 0. The molecule has 2 rings (SSSR count). The molecule has 14 heavy (non-hydrogen) atoms. The standard InChI is InChI=1S/C8H12N2OS.2ClH/c1-3-9-4-2-7(1)11-8-10-5-6-12-8;;/h5-7,9H,1-4H2;2*1H. The summed E-state index contributed by atoms with van der Waals surface area (Å²) in [6, 6.07) is 0. The van der Waals surface area contributed by atoms with Crippen LogP contribution in [-0.4, -0.2) is 24.2 Å². The predicted octanol–water partition coefficient (Wildman–Crippen LogP) is 2.12. The van der Waals surface area contributed by atoms with Gasteiger partial charge in [-0.05, 0) is 25.9 Å². The van der Waals surface area contributed by atoms with Gasteiger partial charge in [0.2, 0.25) is 0 Å². The van der Waals surface area contributed by atoms with Gasteiger partial charge in [0.25, 0.3) is 5.19 Å². The summed E-state index contributed by atoms with van der Waals surface area (Å²) in [6.07, 6.45) is 4.35. The van der Waals surface area contributed by atoms with Crippen LogP contribution in [0.5, 0.6) is 5.19 Å². The Morgan fingerprint density at radius 1 is 1.36 bits per heavy atom. The van der Waals surface area contributed by atoms with Gasteiger partial charge in [0.15, 0.2) is 0 Å². The average Bonchev–Trinajstić information content (AvgIpc) is 2.59. The second-order valence-electron chi connectivity index (χ2n) is 2.87. The summed E-state index contributed by atoms with van der Waals surface area (Å²) in [5.41, 5.74) is 0. The molecule has 3 nitrogen and oxygen atoms in total. The number of hydrogen-bond acceptors (Lipinski definition) is 4. The third kappa shape index (κ3) is 4.00. The molecular formula is C8H14Cl2N2OS. The summed E-state index contributed by atoms with van der Waals surface area (Å²) in [5, 5.41) is 6.05. The highest BCUT2D eigenvalue weighted by Crippen LogP contribution is 2.18. The summed E-state index contributed by atoms with van der Waals surface area (Å²) in [4.78, 5) is 4.09. The Morgan fingerprint density at radius 2 is 2.07 bits per heavy atom. The van der Waals surface area contributed by atoms with Gasteiger partial charge in [-0.25, -0.2) is 4.98 Å². The molecule has 0 atom stereocenters. The van der Waals surface area contributed by atoms with Crippen LogP contribution < -0.4 is 10.1 Å². The fourth-order valence-electron chi connectivity index (χ4n) is 1.32. The molecule has 0 bridgehead atoms. The van der Waals surface area contributed by atoms with Gasteiger partial charge in [-0.2, -0.15) is 0 Å². The molecule has 1 aromatic heterocycles. The molecule has 2 heterocycles. The van der Waals surface area contributed by atoms with Crippen molar-refractivity contribution in [2.75, 3.05) is 13.1 Å². The Kier molecular flexibility index (Phi) is 7.27. The van der Waals surface area contributed by atoms with Crippen molar-refractivity contribution in [1.29, 1.82) is 0 Å². The first-order chi connectivity index (χ1) is 5.95. The van der Waals surface area contributed by atoms with Gasteiger partial charge in [-0.1, -0.05) is 11.3 Å². The van der Waals surface area contributed by atoms with Crippen molar-refractivity contribution in [3.05, 3.63) is 11.6 Å². The van der Waals surface area contributed by atoms with Crippen LogP contribution in [0.4, 0.5) is 0 Å². The highest BCUT2D eigenvalue weighted by atomic mass is 35.5. The van der Waals surface area contributed by atoms with Crippen molar-refractivity contribution in [2.24, 2.45) is 0 Å². The lowest BCUT2D eigenvalue weighted by molar-refractivity contribution is 0.162. The zero-order valence-electron chi connectivity index (χ0n) is 7.64. The molecule has 1 aliphatic rings. The fourth-order valence-corrected chi connectivity index (χ4v) is 1.88. The van der Waals surface area contributed by atoms with E-state index in [1.807, 2.05) is 5.38 Å². The van der Waals surface area contributed by atoms with Crippen LogP contribution in [0, 0.1) is 0 Å². The van der Waals surface area contributed by atoms with Crippen molar-refractivity contribution in [3.63, 3.8) is 0 Å². The second-order valence-corrected chi connectivity index (χ2v) is 3.72. The van der Waals surface area contributed by atoms with Crippen molar-refractivity contribution >= 4 is 36.2 Å². The third-order valence-corrected chi connectivity index (χ3v) is 2.62. The highest BCUT2D eigenvalue weighted by Gasteiger charge is 2.14. The Bertz CT molecular complexity index is 227. The molecule has 1 aliphatic heterocycles. The predicted molar refractivity (Wildman–Crippen MR) is 63.1 cm³/mol. The van der Waals surface area contributed by atoms with E-state index >= 15 is 0 Å². The summed E-state index contributed by atoms with van der Waals surface area (Å²) >= 11 is 1.56. The average molecular weight is 257 g/mol. The number of hydrogen-bond donors (Lipinski definition) is 1. The SMILES string of the molecule is Cl.Cl.c1csc(OC2CCNCC2)n1. The van der Waals surface area contributed by atoms with E-state index < -0.39 is 0 Å². The van der Waals surface area contributed by atoms with E-state index in [-0.39, 0.29) is 24.8 Å². The van der Waals surface area contributed by atoms with Crippen molar-refractivity contribution in [1.82, 2.24) is 10.3 Å². The number of aromatic nitrogens is 1. The van der Waals surface area contributed by atoms with Gasteiger partial charge in [0.05, 0.1) is 0 Å². The number of nitrogens with zero attached hydrogens (tertiary/aromatic N) is 1. The van der Waals surface area contributed by atoms with Crippen LogP contribution in [0.3, 0.4) is 0 Å². The quantitative estimate of drug-likeness (QED) is 0.881. The summed E-state index contributed by atoms with van der Waals surface area (Å²) < 4.78 is 5.66. The molecule has 0 unspecified atom stereocenters. The van der Waals surface area contributed by atoms with Crippen LogP contribution in [0.25, 0.3) is 0 Å². The Balaban J connectivity index is 0.000000845. The lowest BCUT2D eigenvalue weighted by atomic mass is 10.1. The Morgan fingerprint density at radius 3 is 2.64 bits per heavy atom. The first-order valence-electron chi connectivity index (χ1n) is 4.22. The lowest BCUT2D eigenvalue weighted by Gasteiger charge is -2.22. The Hall–Kier alpha value is -0.0300. The monoisotopic (exact) mass is 256 g/mol. The van der Waals surface area contributed by atoms with Gasteiger partial charge in [0.1, 0.15) is 6.10 Å². The van der Waals surface area contributed by atoms with Crippen LogP contribution in [0.1, 0.15) is 12.8 Å². The number of rotatable bonds is 2. The third-order valence-electron chi connectivity index (χ3n) is 1.96. The number of piperidine rings is 1. The maximum atomic E-state index is 5.66. The molecule has 0 radical (unpaired) electrons. The second kappa shape index (κ2) is 7.29. The van der Waals surface area contributed by atoms with Gasteiger partial charge in [0, 0.05) is 11.6 Å². The van der Waals surface area contributed by atoms with E-state index in [0.29, 0.717) is 6.10 Å². The Labute approximate surface area is 100 Å². The minimum absolute atomic E-state index is 0. The maximum Gasteiger partial charge on any atom is 0.273 e. The lowest BCUT2D eigenvalue weighted by Crippen LogP contribution is -2.34. The van der Waals surface area contributed by atoms with E-state index in [9.17, 15) is 0 Å². The highest BCUT2D eigenvalue weighted by molar-refractivity contribution is 7.11. The van der Waals surface area contributed by atoms with E-state index in [1.54, 1.807) is 17.5 Å². The van der Waals surface area contributed by atoms with E-state index in [4.69, 9.17) is 4.74 Å². The van der Waals surface area contributed by atoms with E-state index in [1.165, 1.54) is 0 Å². The first kappa shape index (κ1) is 14.0. The molecule has 1 fully saturated rings. The topological polar surface area (TPSA) is 34.1 Å². The summed E-state index contributed by atoms with van der Waals surface area (Å²) in [7, 11) is 0. The molecule has 0 spiro atoms. The van der Waals surface area contributed by atoms with Crippen LogP contribution in [0.2, 0.25) is 0 Å².